The molecule has 0 saturated carbocycles. The first-order valence-corrected chi connectivity index (χ1v) is 5.46. The largest absolute Gasteiger partial charge is 0.481 e. The normalized spacial score (nSPS) is 10.2. The monoisotopic (exact) mass is 247 g/mol. The molecule has 0 unspecified atom stereocenters. The van der Waals surface area contributed by atoms with E-state index in [0.717, 1.165) is 11.3 Å². The van der Waals surface area contributed by atoms with Crippen LogP contribution in [0, 0.1) is 0 Å². The van der Waals surface area contributed by atoms with Gasteiger partial charge in [-0.15, -0.1) is 0 Å². The van der Waals surface area contributed by atoms with E-state index >= 15 is 0 Å². The Morgan fingerprint density at radius 2 is 2.00 bits per heavy atom. The van der Waals surface area contributed by atoms with Gasteiger partial charge in [0.15, 0.2) is 0 Å². The summed E-state index contributed by atoms with van der Waals surface area (Å²) in [7, 11) is 0. The van der Waals surface area contributed by atoms with Crippen molar-refractivity contribution in [1.82, 2.24) is 4.98 Å². The maximum absolute atomic E-state index is 10.7. The Bertz CT molecular complexity index is 540. The maximum Gasteiger partial charge on any atom is 0.307 e. The predicted molar refractivity (Wildman–Crippen MR) is 66.0 cm³/mol. The lowest BCUT2D eigenvalue weighted by molar-refractivity contribution is -0.136. The van der Waals surface area contributed by atoms with E-state index in [9.17, 15) is 4.79 Å². The molecule has 0 atom stereocenters. The summed E-state index contributed by atoms with van der Waals surface area (Å²) >= 11 is 5.90. The third kappa shape index (κ3) is 2.82. The van der Waals surface area contributed by atoms with E-state index in [1.807, 2.05) is 30.3 Å². The zero-order chi connectivity index (χ0) is 12.3. The van der Waals surface area contributed by atoms with E-state index in [1.54, 1.807) is 6.07 Å². The van der Waals surface area contributed by atoms with Gasteiger partial charge in [-0.3, -0.25) is 9.78 Å². The Balaban J connectivity index is 2.41. The standard InChI is InChI=1S/C13H10ClNO2/c14-11-8-15-12(6-10(11)7-13(16)17)9-4-2-1-3-5-9/h1-6,8H,7H2,(H,16,17). The van der Waals surface area contributed by atoms with Gasteiger partial charge in [-0.25, -0.2) is 0 Å². The summed E-state index contributed by atoms with van der Waals surface area (Å²) in [5, 5.41) is 9.16. The number of carboxylic acid groups (broad SMARTS) is 1. The number of carboxylic acids is 1. The summed E-state index contributed by atoms with van der Waals surface area (Å²) < 4.78 is 0. The minimum Gasteiger partial charge on any atom is -0.481 e. The number of aromatic nitrogens is 1. The van der Waals surface area contributed by atoms with Crippen molar-refractivity contribution >= 4 is 17.6 Å². The van der Waals surface area contributed by atoms with E-state index < -0.39 is 5.97 Å². The summed E-state index contributed by atoms with van der Waals surface area (Å²) in [6.45, 7) is 0. The van der Waals surface area contributed by atoms with Crippen molar-refractivity contribution < 1.29 is 9.90 Å². The Labute approximate surface area is 104 Å². The number of benzene rings is 1. The zero-order valence-electron chi connectivity index (χ0n) is 8.93. The second kappa shape index (κ2) is 4.97. The van der Waals surface area contributed by atoms with Crippen LogP contribution >= 0.6 is 11.6 Å². The molecule has 1 N–H and O–H groups in total. The van der Waals surface area contributed by atoms with Gasteiger partial charge in [0.2, 0.25) is 0 Å². The first-order chi connectivity index (χ1) is 8.16. The number of nitrogens with zero attached hydrogens (tertiary/aromatic N) is 1. The van der Waals surface area contributed by atoms with E-state index in [0.29, 0.717) is 10.6 Å². The van der Waals surface area contributed by atoms with Gasteiger partial charge in [0.1, 0.15) is 0 Å². The molecule has 1 heterocycles. The molecule has 2 aromatic rings. The van der Waals surface area contributed by atoms with Gasteiger partial charge in [0.05, 0.1) is 17.1 Å². The van der Waals surface area contributed by atoms with E-state index in [2.05, 4.69) is 4.98 Å². The molecule has 0 amide bonds. The molecule has 0 aliphatic carbocycles. The number of carbonyl (C=O) groups is 1. The SMILES string of the molecule is O=C(O)Cc1cc(-c2ccccc2)ncc1Cl. The summed E-state index contributed by atoms with van der Waals surface area (Å²) in [4.78, 5) is 14.9. The van der Waals surface area contributed by atoms with Gasteiger partial charge in [0, 0.05) is 11.8 Å². The molecule has 17 heavy (non-hydrogen) atoms. The first kappa shape index (κ1) is 11.6. The summed E-state index contributed by atoms with van der Waals surface area (Å²) in [6.07, 6.45) is 1.39. The highest BCUT2D eigenvalue weighted by molar-refractivity contribution is 6.31. The average Bonchev–Trinajstić information content (AvgIpc) is 2.32. The fourth-order valence-corrected chi connectivity index (χ4v) is 1.72. The molecular weight excluding hydrogens is 238 g/mol. The fourth-order valence-electron chi connectivity index (χ4n) is 1.55. The fraction of sp³-hybridized carbons (Fsp3) is 0.0769. The van der Waals surface area contributed by atoms with Crippen LogP contribution in [0.2, 0.25) is 5.02 Å². The molecule has 0 radical (unpaired) electrons. The van der Waals surface area contributed by atoms with Gasteiger partial charge >= 0.3 is 5.97 Å². The van der Waals surface area contributed by atoms with E-state index in [1.165, 1.54) is 6.20 Å². The summed E-state index contributed by atoms with van der Waals surface area (Å²) in [5.74, 6) is -0.905. The average molecular weight is 248 g/mol. The topological polar surface area (TPSA) is 50.2 Å². The van der Waals surface area contributed by atoms with Crippen LogP contribution in [-0.2, 0) is 11.2 Å². The van der Waals surface area contributed by atoms with Crippen LogP contribution in [0.3, 0.4) is 0 Å². The predicted octanol–water partition coefficient (Wildman–Crippen LogP) is 3.03. The van der Waals surface area contributed by atoms with Crippen LogP contribution in [0.1, 0.15) is 5.56 Å². The van der Waals surface area contributed by atoms with Crippen molar-refractivity contribution in [2.75, 3.05) is 0 Å². The molecule has 4 heteroatoms. The number of halogens is 1. The molecule has 1 aromatic carbocycles. The second-order valence-electron chi connectivity index (χ2n) is 3.60. The molecule has 0 fully saturated rings. The highest BCUT2D eigenvalue weighted by atomic mass is 35.5. The highest BCUT2D eigenvalue weighted by Crippen LogP contribution is 2.22. The van der Waals surface area contributed by atoms with Crippen LogP contribution in [0.5, 0.6) is 0 Å². The van der Waals surface area contributed by atoms with Crippen molar-refractivity contribution in [3.63, 3.8) is 0 Å². The maximum atomic E-state index is 10.7. The number of hydrogen-bond donors (Lipinski definition) is 1. The molecule has 0 aliphatic heterocycles. The lowest BCUT2D eigenvalue weighted by Gasteiger charge is -2.05. The summed E-state index contributed by atoms with van der Waals surface area (Å²) in [5.41, 5.74) is 2.25. The lowest BCUT2D eigenvalue weighted by atomic mass is 10.1. The third-order valence-electron chi connectivity index (χ3n) is 2.35. The third-order valence-corrected chi connectivity index (χ3v) is 2.69. The molecule has 1 aromatic heterocycles. The van der Waals surface area contributed by atoms with Crippen LogP contribution in [0.25, 0.3) is 11.3 Å². The minimum atomic E-state index is -0.905. The quantitative estimate of drug-likeness (QED) is 0.907. The molecular formula is C13H10ClNO2. The number of aliphatic carboxylic acids is 1. The van der Waals surface area contributed by atoms with Crippen molar-refractivity contribution in [2.24, 2.45) is 0 Å². The Morgan fingerprint density at radius 1 is 1.29 bits per heavy atom. The molecule has 86 valence electrons. The van der Waals surface area contributed by atoms with Crippen LogP contribution in [0.4, 0.5) is 0 Å². The Hall–Kier alpha value is -1.87. The smallest absolute Gasteiger partial charge is 0.307 e. The molecule has 0 spiro atoms. The molecule has 3 nitrogen and oxygen atoms in total. The number of hydrogen-bond acceptors (Lipinski definition) is 2. The second-order valence-corrected chi connectivity index (χ2v) is 4.00. The highest BCUT2D eigenvalue weighted by Gasteiger charge is 2.08. The Kier molecular flexibility index (Phi) is 3.40. The van der Waals surface area contributed by atoms with Gasteiger partial charge in [-0.05, 0) is 11.6 Å². The number of rotatable bonds is 3. The first-order valence-electron chi connectivity index (χ1n) is 5.08. The van der Waals surface area contributed by atoms with E-state index in [-0.39, 0.29) is 6.42 Å². The Morgan fingerprint density at radius 3 is 2.65 bits per heavy atom. The van der Waals surface area contributed by atoms with Gasteiger partial charge in [-0.1, -0.05) is 41.9 Å². The van der Waals surface area contributed by atoms with Gasteiger partial charge in [0.25, 0.3) is 0 Å². The van der Waals surface area contributed by atoms with E-state index in [4.69, 9.17) is 16.7 Å². The molecule has 0 bridgehead atoms. The molecule has 0 aliphatic rings. The number of pyridine rings is 1. The summed E-state index contributed by atoms with van der Waals surface area (Å²) in [6, 6.07) is 11.3. The van der Waals surface area contributed by atoms with Gasteiger partial charge in [-0.2, -0.15) is 0 Å². The molecule has 2 rings (SSSR count). The van der Waals surface area contributed by atoms with Crippen molar-refractivity contribution in [3.8, 4) is 11.3 Å². The van der Waals surface area contributed by atoms with Crippen LogP contribution in [-0.4, -0.2) is 16.1 Å². The molecule has 0 saturated heterocycles. The van der Waals surface area contributed by atoms with Gasteiger partial charge < -0.3 is 5.11 Å². The van der Waals surface area contributed by atoms with Crippen molar-refractivity contribution in [1.29, 1.82) is 0 Å². The zero-order valence-corrected chi connectivity index (χ0v) is 9.69. The van der Waals surface area contributed by atoms with Crippen LogP contribution < -0.4 is 0 Å². The van der Waals surface area contributed by atoms with Crippen LogP contribution in [0.15, 0.2) is 42.6 Å². The lowest BCUT2D eigenvalue weighted by Crippen LogP contribution is -2.01. The van der Waals surface area contributed by atoms with Crippen molar-refractivity contribution in [3.05, 3.63) is 53.2 Å². The minimum absolute atomic E-state index is 0.0960. The van der Waals surface area contributed by atoms with Crippen molar-refractivity contribution in [2.45, 2.75) is 6.42 Å².